The molecular formula is C15H13ClFN3. The molecule has 3 nitrogen and oxygen atoms in total. The van der Waals surface area contributed by atoms with Crippen LogP contribution in [0.3, 0.4) is 0 Å². The fraction of sp³-hybridized carbons (Fsp3) is 0.200. The molecule has 0 aliphatic rings. The van der Waals surface area contributed by atoms with Gasteiger partial charge in [0.2, 0.25) is 0 Å². The Morgan fingerprint density at radius 3 is 2.90 bits per heavy atom. The molecule has 0 aliphatic carbocycles. The number of nitrogens with zero attached hydrogens (tertiary/aromatic N) is 3. The molecule has 1 aromatic carbocycles. The van der Waals surface area contributed by atoms with Crippen molar-refractivity contribution in [2.75, 3.05) is 0 Å². The number of halogens is 2. The average molecular weight is 290 g/mol. The molecule has 0 unspecified atom stereocenters. The summed E-state index contributed by atoms with van der Waals surface area (Å²) in [4.78, 5) is 8.53. The molecule has 0 radical (unpaired) electrons. The van der Waals surface area contributed by atoms with Crippen LogP contribution in [0, 0.1) is 12.7 Å². The second-order valence-corrected chi connectivity index (χ2v) is 4.95. The van der Waals surface area contributed by atoms with E-state index < -0.39 is 0 Å². The maximum Gasteiger partial charge on any atom is 0.125 e. The Kier molecular flexibility index (Phi) is 3.40. The second kappa shape index (κ2) is 5.21. The Bertz CT molecular complexity index is 767. The molecule has 0 spiro atoms. The smallest absolute Gasteiger partial charge is 0.125 e. The number of fused-ring (bicyclic) bond motifs is 1. The van der Waals surface area contributed by atoms with E-state index in [1.807, 2.05) is 23.8 Å². The van der Waals surface area contributed by atoms with Gasteiger partial charge in [0.1, 0.15) is 11.6 Å². The highest BCUT2D eigenvalue weighted by molar-refractivity contribution is 6.16. The first kappa shape index (κ1) is 13.1. The van der Waals surface area contributed by atoms with E-state index >= 15 is 0 Å². The van der Waals surface area contributed by atoms with Gasteiger partial charge in [0.15, 0.2) is 0 Å². The van der Waals surface area contributed by atoms with Crippen molar-refractivity contribution in [1.82, 2.24) is 14.5 Å². The molecule has 3 aromatic rings. The lowest BCUT2D eigenvalue weighted by atomic mass is 10.1. The molecule has 3 rings (SSSR count). The molecule has 5 heteroatoms. The summed E-state index contributed by atoms with van der Waals surface area (Å²) in [6.07, 6.45) is 3.57. The molecule has 0 atom stereocenters. The molecule has 0 fully saturated rings. The van der Waals surface area contributed by atoms with Crippen LogP contribution in [0.25, 0.3) is 11.0 Å². The fourth-order valence-electron chi connectivity index (χ4n) is 2.27. The van der Waals surface area contributed by atoms with E-state index in [0.29, 0.717) is 12.4 Å². The van der Waals surface area contributed by atoms with Gasteiger partial charge < -0.3 is 4.57 Å². The van der Waals surface area contributed by atoms with Gasteiger partial charge in [0.25, 0.3) is 0 Å². The second-order valence-electron chi connectivity index (χ2n) is 4.68. The first-order valence-electron chi connectivity index (χ1n) is 6.29. The lowest BCUT2D eigenvalue weighted by Crippen LogP contribution is -2.05. The van der Waals surface area contributed by atoms with Gasteiger partial charge in [0.05, 0.1) is 16.9 Å². The molecule has 2 aromatic heterocycles. The topological polar surface area (TPSA) is 30.7 Å². The Labute approximate surface area is 121 Å². The molecule has 0 N–H and O–H groups in total. The summed E-state index contributed by atoms with van der Waals surface area (Å²) in [5, 5.41) is 0. The van der Waals surface area contributed by atoms with Crippen LogP contribution in [0.15, 0.2) is 36.7 Å². The van der Waals surface area contributed by atoms with E-state index in [1.165, 1.54) is 12.1 Å². The summed E-state index contributed by atoms with van der Waals surface area (Å²) in [5.74, 6) is 0.759. The highest BCUT2D eigenvalue weighted by Crippen LogP contribution is 2.21. The van der Waals surface area contributed by atoms with Gasteiger partial charge in [-0.25, -0.2) is 9.37 Å². The highest BCUT2D eigenvalue weighted by atomic mass is 35.5. The van der Waals surface area contributed by atoms with Gasteiger partial charge in [0, 0.05) is 18.9 Å². The van der Waals surface area contributed by atoms with E-state index in [-0.39, 0.29) is 5.82 Å². The van der Waals surface area contributed by atoms with Crippen LogP contribution in [-0.2, 0) is 12.4 Å². The Balaban J connectivity index is 2.14. The van der Waals surface area contributed by atoms with Crippen LogP contribution < -0.4 is 0 Å². The molecule has 0 saturated heterocycles. The van der Waals surface area contributed by atoms with Crippen molar-refractivity contribution < 1.29 is 4.39 Å². The van der Waals surface area contributed by atoms with Crippen LogP contribution >= 0.6 is 11.6 Å². The predicted octanol–water partition coefficient (Wildman–Crippen LogP) is 3.67. The molecular weight excluding hydrogens is 277 g/mol. The van der Waals surface area contributed by atoms with Crippen LogP contribution in [-0.4, -0.2) is 14.5 Å². The average Bonchev–Trinajstić information content (AvgIpc) is 2.79. The summed E-state index contributed by atoms with van der Waals surface area (Å²) in [6, 6.07) is 6.54. The number of hydrogen-bond donors (Lipinski definition) is 0. The van der Waals surface area contributed by atoms with E-state index in [9.17, 15) is 4.39 Å². The minimum Gasteiger partial charge on any atom is -0.322 e. The zero-order chi connectivity index (χ0) is 14.1. The Morgan fingerprint density at radius 1 is 1.30 bits per heavy atom. The van der Waals surface area contributed by atoms with Crippen molar-refractivity contribution in [2.24, 2.45) is 0 Å². The number of pyridine rings is 1. The standard InChI is InChI=1S/C15H13ClFN3/c1-10-8-18-5-4-11(10)9-20-14-6-12(17)2-3-13(14)19-15(20)7-16/h2-6,8H,7,9H2,1H3. The van der Waals surface area contributed by atoms with Crippen LogP contribution in [0.1, 0.15) is 17.0 Å². The first-order valence-corrected chi connectivity index (χ1v) is 6.82. The SMILES string of the molecule is Cc1cnccc1Cn1c(CCl)nc2ccc(F)cc21. The third-order valence-corrected chi connectivity index (χ3v) is 3.61. The largest absolute Gasteiger partial charge is 0.322 e. The van der Waals surface area contributed by atoms with Crippen LogP contribution in [0.5, 0.6) is 0 Å². The van der Waals surface area contributed by atoms with E-state index in [4.69, 9.17) is 11.6 Å². The molecule has 20 heavy (non-hydrogen) atoms. The van der Waals surface area contributed by atoms with Crippen molar-refractivity contribution in [3.8, 4) is 0 Å². The number of imidazole rings is 1. The molecule has 0 saturated carbocycles. The van der Waals surface area contributed by atoms with Crippen molar-refractivity contribution in [1.29, 1.82) is 0 Å². The lowest BCUT2D eigenvalue weighted by molar-refractivity contribution is 0.628. The number of hydrogen-bond acceptors (Lipinski definition) is 2. The third-order valence-electron chi connectivity index (χ3n) is 3.37. The van der Waals surface area contributed by atoms with Crippen molar-refractivity contribution in [3.05, 3.63) is 59.4 Å². The minimum atomic E-state index is -0.272. The fourth-order valence-corrected chi connectivity index (χ4v) is 2.48. The van der Waals surface area contributed by atoms with E-state index in [0.717, 1.165) is 28.0 Å². The van der Waals surface area contributed by atoms with Crippen LogP contribution in [0.2, 0.25) is 0 Å². The molecule has 0 aliphatic heterocycles. The lowest BCUT2D eigenvalue weighted by Gasteiger charge is -2.10. The van der Waals surface area contributed by atoms with Gasteiger partial charge in [-0.15, -0.1) is 11.6 Å². The number of alkyl halides is 1. The third kappa shape index (κ3) is 2.27. The number of aromatic nitrogens is 3. The number of aryl methyl sites for hydroxylation is 1. The summed E-state index contributed by atoms with van der Waals surface area (Å²) in [7, 11) is 0. The van der Waals surface area contributed by atoms with E-state index in [1.54, 1.807) is 12.3 Å². The van der Waals surface area contributed by atoms with E-state index in [2.05, 4.69) is 9.97 Å². The normalized spacial score (nSPS) is 11.2. The number of rotatable bonds is 3. The first-order chi connectivity index (χ1) is 9.69. The molecule has 0 amide bonds. The van der Waals surface area contributed by atoms with Gasteiger partial charge in [-0.2, -0.15) is 0 Å². The Hall–Kier alpha value is -1.94. The van der Waals surface area contributed by atoms with Crippen molar-refractivity contribution in [3.63, 3.8) is 0 Å². The summed E-state index contributed by atoms with van der Waals surface area (Å²) >= 11 is 5.96. The minimum absolute atomic E-state index is 0.272. The van der Waals surface area contributed by atoms with Gasteiger partial charge >= 0.3 is 0 Å². The number of benzene rings is 1. The molecule has 2 heterocycles. The van der Waals surface area contributed by atoms with Crippen molar-refractivity contribution >= 4 is 22.6 Å². The predicted molar refractivity (Wildman–Crippen MR) is 77.3 cm³/mol. The maximum absolute atomic E-state index is 13.5. The monoisotopic (exact) mass is 289 g/mol. The zero-order valence-electron chi connectivity index (χ0n) is 11.0. The van der Waals surface area contributed by atoms with Gasteiger partial charge in [-0.3, -0.25) is 4.98 Å². The van der Waals surface area contributed by atoms with Crippen LogP contribution in [0.4, 0.5) is 4.39 Å². The van der Waals surface area contributed by atoms with Gasteiger partial charge in [-0.1, -0.05) is 0 Å². The molecule has 0 bridgehead atoms. The maximum atomic E-state index is 13.5. The van der Waals surface area contributed by atoms with Gasteiger partial charge in [-0.05, 0) is 42.3 Å². The summed E-state index contributed by atoms with van der Waals surface area (Å²) in [5.41, 5.74) is 3.73. The molecule has 102 valence electrons. The Morgan fingerprint density at radius 2 is 2.15 bits per heavy atom. The zero-order valence-corrected chi connectivity index (χ0v) is 11.7. The highest BCUT2D eigenvalue weighted by Gasteiger charge is 2.12. The summed E-state index contributed by atoms with van der Waals surface area (Å²) < 4.78 is 15.4. The summed E-state index contributed by atoms with van der Waals surface area (Å²) in [6.45, 7) is 2.61. The quantitative estimate of drug-likeness (QED) is 0.689. The van der Waals surface area contributed by atoms with Crippen molar-refractivity contribution in [2.45, 2.75) is 19.3 Å².